The van der Waals surface area contributed by atoms with Crippen LogP contribution in [0, 0.1) is 5.41 Å². The highest BCUT2D eigenvalue weighted by atomic mass is 32.2. The number of rotatable bonds is 7. The molecule has 0 saturated heterocycles. The van der Waals surface area contributed by atoms with Crippen molar-refractivity contribution >= 4 is 15.9 Å². The molecule has 0 spiro atoms. The molecular weight excluding hydrogens is 388 g/mol. The van der Waals surface area contributed by atoms with Gasteiger partial charge in [0.25, 0.3) is 5.91 Å². The molecular formula is C22H28N2O4S. The minimum atomic E-state index is -3.33. The van der Waals surface area contributed by atoms with Crippen molar-refractivity contribution in [3.05, 3.63) is 60.2 Å². The van der Waals surface area contributed by atoms with Crippen LogP contribution in [0.25, 0.3) is 11.1 Å². The Morgan fingerprint density at radius 3 is 2.52 bits per heavy atom. The summed E-state index contributed by atoms with van der Waals surface area (Å²) < 4.78 is 26.0. The van der Waals surface area contributed by atoms with Crippen LogP contribution in [0.1, 0.15) is 24.8 Å². The van der Waals surface area contributed by atoms with Gasteiger partial charge in [-0.1, -0.05) is 54.6 Å². The molecule has 0 aromatic heterocycles. The Morgan fingerprint density at radius 2 is 1.86 bits per heavy atom. The van der Waals surface area contributed by atoms with Crippen molar-refractivity contribution < 1.29 is 18.0 Å². The maximum absolute atomic E-state index is 13.2. The zero-order valence-corrected chi connectivity index (χ0v) is 17.9. The fraction of sp³-hybridized carbons (Fsp3) is 0.409. The normalized spacial score (nSPS) is 21.8. The molecule has 3 rings (SSSR count). The summed E-state index contributed by atoms with van der Waals surface area (Å²) in [7, 11) is -0.271. The number of nitrogens with zero attached hydrogens (tertiary/aromatic N) is 1. The predicted molar refractivity (Wildman–Crippen MR) is 113 cm³/mol. The molecule has 29 heavy (non-hydrogen) atoms. The van der Waals surface area contributed by atoms with E-state index in [1.807, 2.05) is 30.3 Å². The molecule has 2 atom stereocenters. The van der Waals surface area contributed by atoms with E-state index in [1.165, 1.54) is 12.2 Å². The van der Waals surface area contributed by atoms with Gasteiger partial charge in [0.05, 0.1) is 18.8 Å². The Labute approximate surface area is 172 Å². The van der Waals surface area contributed by atoms with Crippen LogP contribution in [0.15, 0.2) is 54.6 Å². The largest absolute Gasteiger partial charge is 0.275 e. The van der Waals surface area contributed by atoms with Gasteiger partial charge < -0.3 is 0 Å². The summed E-state index contributed by atoms with van der Waals surface area (Å²) in [6.07, 6.45) is 3.35. The molecule has 2 aromatic rings. The van der Waals surface area contributed by atoms with Crippen LogP contribution in [-0.2, 0) is 26.1 Å². The van der Waals surface area contributed by atoms with E-state index in [0.717, 1.165) is 22.9 Å². The number of sulfonamides is 1. The molecule has 1 aliphatic carbocycles. The molecule has 1 saturated carbocycles. The van der Waals surface area contributed by atoms with Crippen LogP contribution in [0.5, 0.6) is 0 Å². The van der Waals surface area contributed by atoms with Crippen molar-refractivity contribution in [1.29, 1.82) is 0 Å². The van der Waals surface area contributed by atoms with Gasteiger partial charge in [-0.3, -0.25) is 9.63 Å². The lowest BCUT2D eigenvalue weighted by molar-refractivity contribution is -0.180. The SMILES string of the molecule is CON(C)C(=O)[C@@]1(Cc2cccc(-c3ccccc3)c2)CC[C@H](NS(C)(=O)=O)C1. The number of hydrogen-bond donors (Lipinski definition) is 1. The first-order chi connectivity index (χ1) is 13.7. The van der Waals surface area contributed by atoms with Crippen LogP contribution in [0.2, 0.25) is 0 Å². The highest BCUT2D eigenvalue weighted by Gasteiger charge is 2.47. The van der Waals surface area contributed by atoms with Gasteiger partial charge >= 0.3 is 0 Å². The number of carbonyl (C=O) groups excluding carboxylic acids is 1. The van der Waals surface area contributed by atoms with Crippen molar-refractivity contribution in [1.82, 2.24) is 9.79 Å². The highest BCUT2D eigenvalue weighted by molar-refractivity contribution is 7.88. The average Bonchev–Trinajstić information content (AvgIpc) is 3.09. The minimum absolute atomic E-state index is 0.122. The topological polar surface area (TPSA) is 75.7 Å². The lowest BCUT2D eigenvalue weighted by atomic mass is 9.78. The Hall–Kier alpha value is -2.22. The van der Waals surface area contributed by atoms with Gasteiger partial charge in [-0.15, -0.1) is 0 Å². The van der Waals surface area contributed by atoms with Gasteiger partial charge in [0, 0.05) is 13.1 Å². The van der Waals surface area contributed by atoms with E-state index in [4.69, 9.17) is 4.84 Å². The summed E-state index contributed by atoms with van der Waals surface area (Å²) in [5, 5.41) is 1.25. The van der Waals surface area contributed by atoms with Crippen LogP contribution in [-0.4, -0.2) is 45.8 Å². The second kappa shape index (κ2) is 8.65. The fourth-order valence-electron chi connectivity index (χ4n) is 4.26. The molecule has 156 valence electrons. The third kappa shape index (κ3) is 5.23. The third-order valence-corrected chi connectivity index (χ3v) is 6.34. The highest BCUT2D eigenvalue weighted by Crippen LogP contribution is 2.43. The van der Waals surface area contributed by atoms with E-state index in [9.17, 15) is 13.2 Å². The summed E-state index contributed by atoms with van der Waals surface area (Å²) >= 11 is 0. The smallest absolute Gasteiger partial charge is 0.252 e. The van der Waals surface area contributed by atoms with Crippen molar-refractivity contribution in [3.63, 3.8) is 0 Å². The molecule has 1 amide bonds. The minimum Gasteiger partial charge on any atom is -0.275 e. The molecule has 0 unspecified atom stereocenters. The Kier molecular flexibility index (Phi) is 6.41. The van der Waals surface area contributed by atoms with E-state index in [2.05, 4.69) is 29.0 Å². The second-order valence-corrected chi connectivity index (χ2v) is 9.62. The molecule has 7 heteroatoms. The number of benzene rings is 2. The van der Waals surface area contributed by atoms with E-state index in [0.29, 0.717) is 25.7 Å². The van der Waals surface area contributed by atoms with Gasteiger partial charge in [-0.2, -0.15) is 0 Å². The molecule has 6 nitrogen and oxygen atoms in total. The van der Waals surface area contributed by atoms with Gasteiger partial charge in [-0.05, 0) is 42.4 Å². The van der Waals surface area contributed by atoms with Crippen molar-refractivity contribution in [2.45, 2.75) is 31.7 Å². The Morgan fingerprint density at radius 1 is 1.17 bits per heavy atom. The van der Waals surface area contributed by atoms with Gasteiger partial charge in [-0.25, -0.2) is 18.2 Å². The number of hydrogen-bond acceptors (Lipinski definition) is 4. The summed E-state index contributed by atoms with van der Waals surface area (Å²) in [6, 6.07) is 18.0. The molecule has 0 aliphatic heterocycles. The maximum Gasteiger partial charge on any atom is 0.252 e. The summed E-state index contributed by atoms with van der Waals surface area (Å²) in [4.78, 5) is 18.4. The van der Waals surface area contributed by atoms with E-state index in [-0.39, 0.29) is 11.9 Å². The van der Waals surface area contributed by atoms with Crippen LogP contribution in [0.3, 0.4) is 0 Å². The summed E-state index contributed by atoms with van der Waals surface area (Å²) in [6.45, 7) is 0. The van der Waals surface area contributed by atoms with Gasteiger partial charge in [0.15, 0.2) is 0 Å². The molecule has 1 fully saturated rings. The third-order valence-electron chi connectivity index (χ3n) is 5.58. The number of nitrogens with one attached hydrogen (secondary N) is 1. The first-order valence-corrected chi connectivity index (χ1v) is 11.6. The zero-order valence-electron chi connectivity index (χ0n) is 17.1. The second-order valence-electron chi connectivity index (χ2n) is 7.84. The maximum atomic E-state index is 13.2. The van der Waals surface area contributed by atoms with Crippen molar-refractivity contribution in [2.75, 3.05) is 20.4 Å². The number of amides is 1. The van der Waals surface area contributed by atoms with Gasteiger partial charge in [0.2, 0.25) is 10.0 Å². The summed E-state index contributed by atoms with van der Waals surface area (Å²) in [5.74, 6) is -0.122. The van der Waals surface area contributed by atoms with E-state index < -0.39 is 15.4 Å². The summed E-state index contributed by atoms with van der Waals surface area (Å²) in [5.41, 5.74) is 2.55. The molecule has 2 aromatic carbocycles. The molecule has 0 bridgehead atoms. The van der Waals surface area contributed by atoms with E-state index in [1.54, 1.807) is 7.05 Å². The molecule has 0 heterocycles. The molecule has 1 aliphatic rings. The number of hydroxylamine groups is 2. The Bertz CT molecular complexity index is 962. The predicted octanol–water partition coefficient (Wildman–Crippen LogP) is 3.00. The standard InChI is InChI=1S/C22H28N2O4S/c1-24(28-2)21(25)22(13-12-20(16-22)23-29(3,26)27)15-17-8-7-11-19(14-17)18-9-5-4-6-10-18/h4-11,14,20,23H,12-13,15-16H2,1-3H3/t20-,22+/m0/s1. The first kappa shape index (κ1) is 21.5. The Balaban J connectivity index is 1.89. The van der Waals surface area contributed by atoms with Crippen molar-refractivity contribution in [3.8, 4) is 11.1 Å². The average molecular weight is 417 g/mol. The lowest BCUT2D eigenvalue weighted by Gasteiger charge is -2.32. The van der Waals surface area contributed by atoms with E-state index >= 15 is 0 Å². The zero-order chi connectivity index (χ0) is 21.1. The fourth-order valence-corrected chi connectivity index (χ4v) is 5.07. The van der Waals surface area contributed by atoms with Crippen molar-refractivity contribution in [2.24, 2.45) is 5.41 Å². The lowest BCUT2D eigenvalue weighted by Crippen LogP contribution is -2.43. The molecule has 1 N–H and O–H groups in total. The van der Waals surface area contributed by atoms with Crippen LogP contribution < -0.4 is 4.72 Å². The molecule has 0 radical (unpaired) electrons. The van der Waals surface area contributed by atoms with Crippen LogP contribution in [0.4, 0.5) is 0 Å². The van der Waals surface area contributed by atoms with Crippen LogP contribution >= 0.6 is 0 Å². The van der Waals surface area contributed by atoms with Gasteiger partial charge in [0.1, 0.15) is 0 Å². The first-order valence-electron chi connectivity index (χ1n) is 9.66. The number of carbonyl (C=O) groups is 1. The quantitative estimate of drug-likeness (QED) is 0.704. The monoisotopic (exact) mass is 416 g/mol.